The number of aromatic nitrogens is 2. The first-order valence-corrected chi connectivity index (χ1v) is 6.91. The zero-order valence-corrected chi connectivity index (χ0v) is 11.7. The number of nitrogens with zero attached hydrogens (tertiary/aromatic N) is 2. The van der Waals surface area contributed by atoms with Crippen LogP contribution in [0.1, 0.15) is 11.3 Å². The molecule has 0 aliphatic heterocycles. The Morgan fingerprint density at radius 3 is 2.79 bits per heavy atom. The monoisotopic (exact) mass is 273 g/mol. The lowest BCUT2D eigenvalue weighted by Gasteiger charge is -2.07. The molecule has 0 fully saturated rings. The summed E-state index contributed by atoms with van der Waals surface area (Å²) < 4.78 is 0. The number of hydrogen-bond donors (Lipinski definition) is 1. The molecule has 98 valence electrons. The number of nitrogens with one attached hydrogen (secondary N) is 1. The van der Waals surface area contributed by atoms with Crippen molar-refractivity contribution in [2.45, 2.75) is 19.0 Å². The Bertz CT molecular complexity index is 586. The summed E-state index contributed by atoms with van der Waals surface area (Å²) in [7, 11) is 0. The third-order valence-corrected chi connectivity index (χ3v) is 3.39. The van der Waals surface area contributed by atoms with Gasteiger partial charge in [-0.2, -0.15) is 0 Å². The van der Waals surface area contributed by atoms with E-state index in [1.165, 1.54) is 11.8 Å². The first-order valence-electron chi connectivity index (χ1n) is 5.93. The molecular formula is C14H15N3OS. The molecule has 2 rings (SSSR count). The predicted molar refractivity (Wildman–Crippen MR) is 77.3 cm³/mol. The van der Waals surface area contributed by atoms with Gasteiger partial charge in [-0.15, -0.1) is 0 Å². The Morgan fingerprint density at radius 1 is 1.26 bits per heavy atom. The van der Waals surface area contributed by atoms with E-state index in [1.54, 1.807) is 6.20 Å². The fraction of sp³-hybridized carbons (Fsp3) is 0.214. The van der Waals surface area contributed by atoms with Gasteiger partial charge in [0.15, 0.2) is 5.16 Å². The summed E-state index contributed by atoms with van der Waals surface area (Å²) in [5.74, 6) is 0.252. The number of aryl methyl sites for hydroxylation is 2. The van der Waals surface area contributed by atoms with E-state index in [2.05, 4.69) is 15.3 Å². The molecule has 0 unspecified atom stereocenters. The molecule has 0 atom stereocenters. The standard InChI is InChI=1S/C14H15N3OS/c1-10-5-3-4-6-12(10)17-13(18)9-19-14-15-8-7-11(2)16-14/h3-8H,9H2,1-2H3,(H,17,18). The van der Waals surface area contributed by atoms with Crippen molar-refractivity contribution in [3.8, 4) is 0 Å². The van der Waals surface area contributed by atoms with E-state index in [0.717, 1.165) is 16.9 Å². The number of thioether (sulfide) groups is 1. The van der Waals surface area contributed by atoms with Crippen LogP contribution in [0.4, 0.5) is 5.69 Å². The zero-order chi connectivity index (χ0) is 13.7. The van der Waals surface area contributed by atoms with Gasteiger partial charge in [0.05, 0.1) is 5.75 Å². The van der Waals surface area contributed by atoms with Gasteiger partial charge in [0, 0.05) is 17.6 Å². The lowest BCUT2D eigenvalue weighted by atomic mass is 10.2. The summed E-state index contributed by atoms with van der Waals surface area (Å²) in [6, 6.07) is 9.53. The molecule has 0 radical (unpaired) electrons. The van der Waals surface area contributed by atoms with Crippen molar-refractivity contribution in [1.29, 1.82) is 0 Å². The Balaban J connectivity index is 1.90. The third kappa shape index (κ3) is 4.06. The molecule has 1 heterocycles. The fourth-order valence-corrected chi connectivity index (χ4v) is 2.20. The molecule has 5 heteroatoms. The number of anilines is 1. The first kappa shape index (κ1) is 13.5. The van der Waals surface area contributed by atoms with Gasteiger partial charge in [0.1, 0.15) is 0 Å². The first-order chi connectivity index (χ1) is 9.15. The minimum absolute atomic E-state index is 0.0515. The third-order valence-electron chi connectivity index (χ3n) is 2.52. The molecule has 0 spiro atoms. The SMILES string of the molecule is Cc1ccnc(SCC(=O)Nc2ccccc2C)n1. The van der Waals surface area contributed by atoms with Gasteiger partial charge >= 0.3 is 0 Å². The Hall–Kier alpha value is -1.88. The lowest BCUT2D eigenvalue weighted by Crippen LogP contribution is -2.15. The highest BCUT2D eigenvalue weighted by Gasteiger charge is 2.06. The van der Waals surface area contributed by atoms with Crippen molar-refractivity contribution in [1.82, 2.24) is 9.97 Å². The molecule has 1 N–H and O–H groups in total. The van der Waals surface area contributed by atoms with Crippen molar-refractivity contribution in [2.24, 2.45) is 0 Å². The van der Waals surface area contributed by atoms with Gasteiger partial charge in [-0.05, 0) is 31.5 Å². The molecule has 2 aromatic rings. The van der Waals surface area contributed by atoms with Gasteiger partial charge in [-0.1, -0.05) is 30.0 Å². The average molecular weight is 273 g/mol. The van der Waals surface area contributed by atoms with Crippen LogP contribution in [0, 0.1) is 13.8 Å². The normalized spacial score (nSPS) is 10.2. The molecule has 19 heavy (non-hydrogen) atoms. The van der Waals surface area contributed by atoms with E-state index in [0.29, 0.717) is 10.9 Å². The van der Waals surface area contributed by atoms with E-state index in [4.69, 9.17) is 0 Å². The zero-order valence-electron chi connectivity index (χ0n) is 10.9. The average Bonchev–Trinajstić information content (AvgIpc) is 2.39. The van der Waals surface area contributed by atoms with Crippen LogP contribution in [0.15, 0.2) is 41.7 Å². The summed E-state index contributed by atoms with van der Waals surface area (Å²) in [5.41, 5.74) is 2.79. The molecule has 0 aliphatic carbocycles. The van der Waals surface area contributed by atoms with Crippen LogP contribution >= 0.6 is 11.8 Å². The van der Waals surface area contributed by atoms with Crippen LogP contribution in [0.25, 0.3) is 0 Å². The molecule has 0 aliphatic rings. The Kier molecular flexibility index (Phi) is 4.52. The van der Waals surface area contributed by atoms with Crippen molar-refractivity contribution >= 4 is 23.4 Å². The number of carbonyl (C=O) groups excluding carboxylic acids is 1. The second-order valence-corrected chi connectivity index (χ2v) is 5.07. The number of para-hydroxylation sites is 1. The lowest BCUT2D eigenvalue weighted by molar-refractivity contribution is -0.113. The van der Waals surface area contributed by atoms with E-state index in [-0.39, 0.29) is 5.91 Å². The van der Waals surface area contributed by atoms with Gasteiger partial charge in [0.25, 0.3) is 0 Å². The number of hydrogen-bond acceptors (Lipinski definition) is 4. The minimum atomic E-state index is -0.0515. The smallest absolute Gasteiger partial charge is 0.234 e. The van der Waals surface area contributed by atoms with Crippen molar-refractivity contribution in [3.63, 3.8) is 0 Å². The van der Waals surface area contributed by atoms with Crippen molar-refractivity contribution < 1.29 is 4.79 Å². The molecule has 1 aromatic heterocycles. The Morgan fingerprint density at radius 2 is 2.05 bits per heavy atom. The van der Waals surface area contributed by atoms with E-state index in [9.17, 15) is 4.79 Å². The molecular weight excluding hydrogens is 258 g/mol. The van der Waals surface area contributed by atoms with Gasteiger partial charge < -0.3 is 5.32 Å². The Labute approximate surface area is 116 Å². The van der Waals surface area contributed by atoms with Crippen LogP contribution in [0.2, 0.25) is 0 Å². The highest BCUT2D eigenvalue weighted by molar-refractivity contribution is 7.99. The highest BCUT2D eigenvalue weighted by atomic mass is 32.2. The number of benzene rings is 1. The molecule has 0 bridgehead atoms. The second-order valence-electron chi connectivity index (χ2n) is 4.13. The maximum atomic E-state index is 11.8. The fourth-order valence-electron chi connectivity index (χ4n) is 1.52. The van der Waals surface area contributed by atoms with E-state index < -0.39 is 0 Å². The van der Waals surface area contributed by atoms with Gasteiger partial charge in [0.2, 0.25) is 5.91 Å². The minimum Gasteiger partial charge on any atom is -0.325 e. The molecule has 0 saturated carbocycles. The molecule has 4 nitrogen and oxygen atoms in total. The summed E-state index contributed by atoms with van der Waals surface area (Å²) in [5, 5.41) is 3.50. The van der Waals surface area contributed by atoms with Crippen LogP contribution < -0.4 is 5.32 Å². The number of rotatable bonds is 4. The van der Waals surface area contributed by atoms with E-state index >= 15 is 0 Å². The maximum absolute atomic E-state index is 11.8. The van der Waals surface area contributed by atoms with Crippen LogP contribution in [0.5, 0.6) is 0 Å². The van der Waals surface area contributed by atoms with Crippen LogP contribution in [-0.4, -0.2) is 21.6 Å². The summed E-state index contributed by atoms with van der Waals surface area (Å²) in [6.45, 7) is 3.87. The van der Waals surface area contributed by atoms with E-state index in [1.807, 2.05) is 44.2 Å². The van der Waals surface area contributed by atoms with Gasteiger partial charge in [-0.3, -0.25) is 4.79 Å². The maximum Gasteiger partial charge on any atom is 0.234 e. The topological polar surface area (TPSA) is 54.9 Å². The van der Waals surface area contributed by atoms with Crippen LogP contribution in [-0.2, 0) is 4.79 Å². The highest BCUT2D eigenvalue weighted by Crippen LogP contribution is 2.16. The molecule has 1 amide bonds. The molecule has 1 aromatic carbocycles. The van der Waals surface area contributed by atoms with Gasteiger partial charge in [-0.25, -0.2) is 9.97 Å². The summed E-state index contributed by atoms with van der Waals surface area (Å²) >= 11 is 1.33. The summed E-state index contributed by atoms with van der Waals surface area (Å²) in [6.07, 6.45) is 1.70. The molecule has 0 saturated heterocycles. The largest absolute Gasteiger partial charge is 0.325 e. The quantitative estimate of drug-likeness (QED) is 0.687. The number of amides is 1. The van der Waals surface area contributed by atoms with Crippen LogP contribution in [0.3, 0.4) is 0 Å². The van der Waals surface area contributed by atoms with Crippen molar-refractivity contribution in [2.75, 3.05) is 11.1 Å². The predicted octanol–water partition coefficient (Wildman–Crippen LogP) is 2.82. The number of carbonyl (C=O) groups is 1. The van der Waals surface area contributed by atoms with Crippen molar-refractivity contribution in [3.05, 3.63) is 47.8 Å². The summed E-state index contributed by atoms with van der Waals surface area (Å²) in [4.78, 5) is 20.2. The second kappa shape index (κ2) is 6.33.